The molecule has 0 aromatic carbocycles. The summed E-state index contributed by atoms with van der Waals surface area (Å²) >= 11 is 0. The molecule has 1 amide bonds. The van der Waals surface area contributed by atoms with E-state index in [2.05, 4.69) is 19.2 Å². The predicted octanol–water partition coefficient (Wildman–Crippen LogP) is 1.79. The molecule has 0 spiro atoms. The third-order valence-corrected chi connectivity index (χ3v) is 4.62. The Labute approximate surface area is 102 Å². The SMILES string of the molecule is CC1CCCC(NC(=O)C2(C(=O)O)CC2)C1C. The zero-order valence-corrected chi connectivity index (χ0v) is 10.5. The first-order valence-electron chi connectivity index (χ1n) is 6.52. The highest BCUT2D eigenvalue weighted by Crippen LogP contribution is 2.46. The van der Waals surface area contributed by atoms with Gasteiger partial charge in [-0.15, -0.1) is 0 Å². The van der Waals surface area contributed by atoms with Crippen LogP contribution in [0.15, 0.2) is 0 Å². The Hall–Kier alpha value is -1.06. The number of carbonyl (C=O) groups is 2. The van der Waals surface area contributed by atoms with Gasteiger partial charge in [-0.25, -0.2) is 0 Å². The Balaban J connectivity index is 1.97. The number of hydrogen-bond acceptors (Lipinski definition) is 2. The maximum atomic E-state index is 12.0. The van der Waals surface area contributed by atoms with Crippen molar-refractivity contribution >= 4 is 11.9 Å². The van der Waals surface area contributed by atoms with Gasteiger partial charge < -0.3 is 10.4 Å². The summed E-state index contributed by atoms with van der Waals surface area (Å²) in [5.41, 5.74) is -1.10. The molecule has 3 atom stereocenters. The molecule has 2 aliphatic rings. The standard InChI is InChI=1S/C13H21NO3/c1-8-4-3-5-10(9(8)2)14-11(15)13(6-7-13)12(16)17/h8-10H,3-7H2,1-2H3,(H,14,15)(H,16,17). The summed E-state index contributed by atoms with van der Waals surface area (Å²) in [5.74, 6) is -0.186. The summed E-state index contributed by atoms with van der Waals surface area (Å²) in [4.78, 5) is 23.0. The summed E-state index contributed by atoms with van der Waals surface area (Å²) in [6.07, 6.45) is 4.29. The first-order chi connectivity index (χ1) is 7.97. The van der Waals surface area contributed by atoms with Crippen molar-refractivity contribution in [3.63, 3.8) is 0 Å². The van der Waals surface area contributed by atoms with Crippen LogP contribution in [0.3, 0.4) is 0 Å². The van der Waals surface area contributed by atoms with Crippen molar-refractivity contribution < 1.29 is 14.7 Å². The Morgan fingerprint density at radius 1 is 1.24 bits per heavy atom. The molecule has 4 nitrogen and oxygen atoms in total. The topological polar surface area (TPSA) is 66.4 Å². The summed E-state index contributed by atoms with van der Waals surface area (Å²) < 4.78 is 0. The van der Waals surface area contributed by atoms with Crippen molar-refractivity contribution in [3.8, 4) is 0 Å². The molecule has 0 radical (unpaired) electrons. The third-order valence-electron chi connectivity index (χ3n) is 4.62. The minimum atomic E-state index is -1.10. The molecule has 0 saturated heterocycles. The van der Waals surface area contributed by atoms with E-state index in [4.69, 9.17) is 5.11 Å². The summed E-state index contributed by atoms with van der Waals surface area (Å²) in [7, 11) is 0. The second-order valence-corrected chi connectivity index (χ2v) is 5.73. The fourth-order valence-corrected chi connectivity index (χ4v) is 2.76. The van der Waals surface area contributed by atoms with Crippen molar-refractivity contribution in [2.75, 3.05) is 0 Å². The number of rotatable bonds is 3. The van der Waals surface area contributed by atoms with Crippen LogP contribution >= 0.6 is 0 Å². The molecule has 0 aromatic heterocycles. The van der Waals surface area contributed by atoms with Gasteiger partial charge in [-0.3, -0.25) is 9.59 Å². The quantitative estimate of drug-likeness (QED) is 0.738. The van der Waals surface area contributed by atoms with E-state index >= 15 is 0 Å². The van der Waals surface area contributed by atoms with Crippen molar-refractivity contribution in [2.45, 2.75) is 52.0 Å². The molecule has 2 aliphatic carbocycles. The van der Waals surface area contributed by atoms with E-state index in [0.29, 0.717) is 24.7 Å². The number of aliphatic carboxylic acids is 1. The maximum absolute atomic E-state index is 12.0. The van der Waals surface area contributed by atoms with Gasteiger partial charge >= 0.3 is 5.97 Å². The van der Waals surface area contributed by atoms with E-state index < -0.39 is 11.4 Å². The molecule has 0 heterocycles. The van der Waals surface area contributed by atoms with Crippen molar-refractivity contribution in [2.24, 2.45) is 17.3 Å². The lowest BCUT2D eigenvalue weighted by molar-refractivity contribution is -0.149. The average molecular weight is 239 g/mol. The highest BCUT2D eigenvalue weighted by Gasteiger charge is 2.57. The summed E-state index contributed by atoms with van der Waals surface area (Å²) in [5, 5.41) is 12.0. The molecule has 17 heavy (non-hydrogen) atoms. The van der Waals surface area contributed by atoms with E-state index in [9.17, 15) is 9.59 Å². The Morgan fingerprint density at radius 2 is 1.88 bits per heavy atom. The second kappa shape index (κ2) is 4.31. The van der Waals surface area contributed by atoms with Gasteiger partial charge in [0.05, 0.1) is 0 Å². The number of carbonyl (C=O) groups excluding carboxylic acids is 1. The van der Waals surface area contributed by atoms with Crippen LogP contribution in [0.25, 0.3) is 0 Å². The van der Waals surface area contributed by atoms with E-state index in [1.54, 1.807) is 0 Å². The first kappa shape index (κ1) is 12.4. The lowest BCUT2D eigenvalue weighted by Crippen LogP contribution is -2.48. The predicted molar refractivity (Wildman–Crippen MR) is 63.4 cm³/mol. The van der Waals surface area contributed by atoms with Crippen LogP contribution in [0.1, 0.15) is 46.0 Å². The summed E-state index contributed by atoms with van der Waals surface area (Å²) in [6.45, 7) is 4.35. The minimum Gasteiger partial charge on any atom is -0.480 e. The molecule has 0 aliphatic heterocycles. The smallest absolute Gasteiger partial charge is 0.319 e. The van der Waals surface area contributed by atoms with Gasteiger partial charge in [-0.05, 0) is 31.1 Å². The summed E-state index contributed by atoms with van der Waals surface area (Å²) in [6, 6.07) is 0.156. The van der Waals surface area contributed by atoms with Gasteiger partial charge in [-0.1, -0.05) is 26.7 Å². The van der Waals surface area contributed by atoms with Gasteiger partial charge in [0.1, 0.15) is 5.41 Å². The van der Waals surface area contributed by atoms with Gasteiger partial charge in [0, 0.05) is 6.04 Å². The molecular formula is C13H21NO3. The highest BCUT2D eigenvalue weighted by molar-refractivity contribution is 6.04. The van der Waals surface area contributed by atoms with Gasteiger partial charge in [-0.2, -0.15) is 0 Å². The number of carboxylic acid groups (broad SMARTS) is 1. The zero-order valence-electron chi connectivity index (χ0n) is 10.5. The van der Waals surface area contributed by atoms with Crippen molar-refractivity contribution in [1.29, 1.82) is 0 Å². The Morgan fingerprint density at radius 3 is 2.41 bits per heavy atom. The van der Waals surface area contributed by atoms with Crippen LogP contribution in [0, 0.1) is 17.3 Å². The largest absolute Gasteiger partial charge is 0.480 e. The Bertz CT molecular complexity index is 336. The molecule has 96 valence electrons. The van der Waals surface area contributed by atoms with E-state index in [1.807, 2.05) is 0 Å². The first-order valence-corrected chi connectivity index (χ1v) is 6.52. The number of hydrogen-bond donors (Lipinski definition) is 2. The number of amides is 1. The molecule has 0 aromatic rings. The van der Waals surface area contributed by atoms with Gasteiger partial charge in [0.15, 0.2) is 0 Å². The molecule has 2 fully saturated rings. The van der Waals surface area contributed by atoms with Crippen LogP contribution < -0.4 is 5.32 Å². The number of nitrogens with one attached hydrogen (secondary N) is 1. The van der Waals surface area contributed by atoms with Crippen LogP contribution in [-0.4, -0.2) is 23.0 Å². The lowest BCUT2D eigenvalue weighted by Gasteiger charge is -2.35. The monoisotopic (exact) mass is 239 g/mol. The van der Waals surface area contributed by atoms with Crippen LogP contribution in [0.4, 0.5) is 0 Å². The molecule has 4 heteroatoms. The van der Waals surface area contributed by atoms with E-state index in [1.165, 1.54) is 6.42 Å². The van der Waals surface area contributed by atoms with Gasteiger partial charge in [0.25, 0.3) is 0 Å². The average Bonchev–Trinajstić information content (AvgIpc) is 3.05. The molecule has 3 unspecified atom stereocenters. The highest BCUT2D eigenvalue weighted by atomic mass is 16.4. The van der Waals surface area contributed by atoms with E-state index in [-0.39, 0.29) is 11.9 Å². The van der Waals surface area contributed by atoms with E-state index in [0.717, 1.165) is 12.8 Å². The molecule has 2 saturated carbocycles. The molecule has 2 rings (SSSR count). The normalized spacial score (nSPS) is 35.1. The maximum Gasteiger partial charge on any atom is 0.319 e. The lowest BCUT2D eigenvalue weighted by atomic mass is 9.78. The van der Waals surface area contributed by atoms with Crippen molar-refractivity contribution in [3.05, 3.63) is 0 Å². The fourth-order valence-electron chi connectivity index (χ4n) is 2.76. The third kappa shape index (κ3) is 2.17. The Kier molecular flexibility index (Phi) is 3.15. The zero-order chi connectivity index (χ0) is 12.6. The fraction of sp³-hybridized carbons (Fsp3) is 0.846. The molecular weight excluding hydrogens is 218 g/mol. The van der Waals surface area contributed by atoms with Crippen LogP contribution in [-0.2, 0) is 9.59 Å². The van der Waals surface area contributed by atoms with Crippen LogP contribution in [0.2, 0.25) is 0 Å². The molecule has 2 N–H and O–H groups in total. The molecule has 0 bridgehead atoms. The van der Waals surface area contributed by atoms with Crippen LogP contribution in [0.5, 0.6) is 0 Å². The second-order valence-electron chi connectivity index (χ2n) is 5.73. The number of carboxylic acids is 1. The van der Waals surface area contributed by atoms with Gasteiger partial charge in [0.2, 0.25) is 5.91 Å². The minimum absolute atomic E-state index is 0.156. The van der Waals surface area contributed by atoms with Crippen molar-refractivity contribution in [1.82, 2.24) is 5.32 Å².